The highest BCUT2D eigenvalue weighted by molar-refractivity contribution is 9.09. The summed E-state index contributed by atoms with van der Waals surface area (Å²) in [6.07, 6.45) is 4.49. The van der Waals surface area contributed by atoms with Gasteiger partial charge in [-0.2, -0.15) is 0 Å². The van der Waals surface area contributed by atoms with Gasteiger partial charge in [0.25, 0.3) is 0 Å². The van der Waals surface area contributed by atoms with Gasteiger partial charge in [0.05, 0.1) is 5.75 Å². The Morgan fingerprint density at radius 2 is 1.94 bits per heavy atom. The maximum atomic E-state index is 11.5. The predicted molar refractivity (Wildman–Crippen MR) is 77.3 cm³/mol. The van der Waals surface area contributed by atoms with Crippen molar-refractivity contribution in [3.8, 4) is 0 Å². The van der Waals surface area contributed by atoms with Crippen LogP contribution in [-0.4, -0.2) is 24.8 Å². The lowest BCUT2D eigenvalue weighted by Gasteiger charge is -2.35. The minimum atomic E-state index is -2.80. The normalized spacial score (nSPS) is 30.8. The van der Waals surface area contributed by atoms with E-state index in [9.17, 15) is 8.42 Å². The van der Waals surface area contributed by atoms with Crippen LogP contribution in [0.1, 0.15) is 46.5 Å². The van der Waals surface area contributed by atoms with Gasteiger partial charge in [-0.15, -0.1) is 0 Å². The molecule has 4 heteroatoms. The molecule has 1 aliphatic rings. The topological polar surface area (TPSA) is 34.1 Å². The van der Waals surface area contributed by atoms with Gasteiger partial charge in [-0.25, -0.2) is 8.42 Å². The number of rotatable bonds is 5. The minimum Gasteiger partial charge on any atom is -0.229 e. The van der Waals surface area contributed by atoms with Crippen LogP contribution in [0.5, 0.6) is 0 Å². The van der Waals surface area contributed by atoms with Crippen molar-refractivity contribution in [2.24, 2.45) is 17.8 Å². The van der Waals surface area contributed by atoms with Gasteiger partial charge in [-0.05, 0) is 43.4 Å². The standard InChI is InChI=1S/C13H25BrO2S/c1-4-17(15,16)8-7-12-9-11(10(2)3)5-6-13(12)14/h10-13H,4-9H2,1-3H3. The van der Waals surface area contributed by atoms with E-state index in [1.807, 2.05) is 0 Å². The molecule has 3 atom stereocenters. The second-order valence-electron chi connectivity index (χ2n) is 5.62. The first-order valence-electron chi connectivity index (χ1n) is 6.70. The molecule has 102 valence electrons. The zero-order valence-corrected chi connectivity index (χ0v) is 13.6. The summed E-state index contributed by atoms with van der Waals surface area (Å²) in [5.74, 6) is 2.68. The number of hydrogen-bond donors (Lipinski definition) is 0. The second-order valence-corrected chi connectivity index (χ2v) is 9.27. The van der Waals surface area contributed by atoms with E-state index in [2.05, 4.69) is 29.8 Å². The van der Waals surface area contributed by atoms with Crippen molar-refractivity contribution >= 4 is 25.8 Å². The SMILES string of the molecule is CCS(=O)(=O)CCC1CC(C(C)C)CCC1Br. The number of sulfone groups is 1. The van der Waals surface area contributed by atoms with E-state index in [1.54, 1.807) is 6.92 Å². The molecule has 3 unspecified atom stereocenters. The quantitative estimate of drug-likeness (QED) is 0.723. The molecule has 0 amide bonds. The average molecular weight is 325 g/mol. The molecule has 1 aliphatic carbocycles. The van der Waals surface area contributed by atoms with Crippen LogP contribution >= 0.6 is 15.9 Å². The highest BCUT2D eigenvalue weighted by atomic mass is 79.9. The van der Waals surface area contributed by atoms with Crippen molar-refractivity contribution in [2.45, 2.75) is 51.3 Å². The van der Waals surface area contributed by atoms with Gasteiger partial charge in [0.1, 0.15) is 9.84 Å². The van der Waals surface area contributed by atoms with Crippen LogP contribution in [0.2, 0.25) is 0 Å². The van der Waals surface area contributed by atoms with Gasteiger partial charge in [-0.3, -0.25) is 0 Å². The fourth-order valence-electron chi connectivity index (χ4n) is 2.64. The van der Waals surface area contributed by atoms with Gasteiger partial charge in [-0.1, -0.05) is 36.7 Å². The molecule has 0 aromatic heterocycles. The third-order valence-electron chi connectivity index (χ3n) is 4.11. The van der Waals surface area contributed by atoms with Crippen LogP contribution < -0.4 is 0 Å². The Morgan fingerprint density at radius 3 is 2.47 bits per heavy atom. The summed E-state index contributed by atoms with van der Waals surface area (Å²) in [4.78, 5) is 0.518. The fourth-order valence-corrected chi connectivity index (χ4v) is 4.34. The van der Waals surface area contributed by atoms with E-state index in [-0.39, 0.29) is 5.75 Å². The van der Waals surface area contributed by atoms with Crippen LogP contribution in [0.4, 0.5) is 0 Å². The molecule has 2 nitrogen and oxygen atoms in total. The van der Waals surface area contributed by atoms with Crippen LogP contribution in [0.3, 0.4) is 0 Å². The maximum absolute atomic E-state index is 11.5. The molecule has 0 spiro atoms. The molecule has 0 aromatic rings. The highest BCUT2D eigenvalue weighted by Crippen LogP contribution is 2.39. The second kappa shape index (κ2) is 6.55. The molecular formula is C13H25BrO2S. The van der Waals surface area contributed by atoms with Crippen LogP contribution in [0, 0.1) is 17.8 Å². The first-order valence-corrected chi connectivity index (χ1v) is 9.44. The Hall–Kier alpha value is 0.430. The molecule has 0 bridgehead atoms. The van der Waals surface area contributed by atoms with Crippen molar-refractivity contribution in [3.63, 3.8) is 0 Å². The summed E-state index contributed by atoms with van der Waals surface area (Å²) < 4.78 is 23.1. The summed E-state index contributed by atoms with van der Waals surface area (Å²) >= 11 is 3.73. The first-order chi connectivity index (χ1) is 7.85. The van der Waals surface area contributed by atoms with E-state index in [0.717, 1.165) is 18.3 Å². The van der Waals surface area contributed by atoms with Gasteiger partial charge >= 0.3 is 0 Å². The summed E-state index contributed by atoms with van der Waals surface area (Å²) in [6, 6.07) is 0. The molecule has 17 heavy (non-hydrogen) atoms. The largest absolute Gasteiger partial charge is 0.229 e. The number of halogens is 1. The van der Waals surface area contributed by atoms with E-state index < -0.39 is 9.84 Å². The molecular weight excluding hydrogens is 300 g/mol. The van der Waals surface area contributed by atoms with E-state index in [0.29, 0.717) is 16.5 Å². The van der Waals surface area contributed by atoms with E-state index >= 15 is 0 Å². The molecule has 0 aliphatic heterocycles. The molecule has 0 N–H and O–H groups in total. The van der Waals surface area contributed by atoms with Crippen LogP contribution in [0.15, 0.2) is 0 Å². The fraction of sp³-hybridized carbons (Fsp3) is 1.00. The lowest BCUT2D eigenvalue weighted by Crippen LogP contribution is -2.29. The Bertz CT molecular complexity index is 324. The monoisotopic (exact) mass is 324 g/mol. The summed E-state index contributed by atoms with van der Waals surface area (Å²) in [5.41, 5.74) is 0. The van der Waals surface area contributed by atoms with Crippen molar-refractivity contribution in [1.82, 2.24) is 0 Å². The van der Waals surface area contributed by atoms with Crippen molar-refractivity contribution in [2.75, 3.05) is 11.5 Å². The zero-order valence-electron chi connectivity index (χ0n) is 11.2. The summed E-state index contributed by atoms with van der Waals surface area (Å²) in [5, 5.41) is 0. The van der Waals surface area contributed by atoms with Gasteiger partial charge in [0, 0.05) is 10.6 Å². The third kappa shape index (κ3) is 4.90. The molecule has 0 aromatic carbocycles. The minimum absolute atomic E-state index is 0.278. The van der Waals surface area contributed by atoms with Crippen molar-refractivity contribution in [1.29, 1.82) is 0 Å². The molecule has 0 radical (unpaired) electrons. The molecule has 1 saturated carbocycles. The summed E-state index contributed by atoms with van der Waals surface area (Å²) in [6.45, 7) is 6.29. The highest BCUT2D eigenvalue weighted by Gasteiger charge is 2.30. The Balaban J connectivity index is 2.51. The Morgan fingerprint density at radius 1 is 1.29 bits per heavy atom. The third-order valence-corrected chi connectivity index (χ3v) is 7.06. The molecule has 1 fully saturated rings. The first kappa shape index (κ1) is 15.5. The molecule has 0 saturated heterocycles. The van der Waals surface area contributed by atoms with Gasteiger partial charge < -0.3 is 0 Å². The van der Waals surface area contributed by atoms with E-state index in [1.165, 1.54) is 19.3 Å². The van der Waals surface area contributed by atoms with Gasteiger partial charge in [0.15, 0.2) is 0 Å². The van der Waals surface area contributed by atoms with Crippen molar-refractivity contribution < 1.29 is 8.42 Å². The number of alkyl halides is 1. The molecule has 1 rings (SSSR count). The molecule has 0 heterocycles. The van der Waals surface area contributed by atoms with Gasteiger partial charge in [0.2, 0.25) is 0 Å². The van der Waals surface area contributed by atoms with Crippen LogP contribution in [0.25, 0.3) is 0 Å². The lowest BCUT2D eigenvalue weighted by molar-refractivity contribution is 0.220. The maximum Gasteiger partial charge on any atom is 0.150 e. The predicted octanol–water partition coefficient (Wildman–Crippen LogP) is 3.65. The van der Waals surface area contributed by atoms with Crippen molar-refractivity contribution in [3.05, 3.63) is 0 Å². The Kier molecular flexibility index (Phi) is 5.97. The van der Waals surface area contributed by atoms with E-state index in [4.69, 9.17) is 0 Å². The smallest absolute Gasteiger partial charge is 0.150 e. The zero-order chi connectivity index (χ0) is 13.1. The number of hydrogen-bond acceptors (Lipinski definition) is 2. The average Bonchev–Trinajstić information content (AvgIpc) is 2.27. The lowest BCUT2D eigenvalue weighted by atomic mass is 9.75. The Labute approximate surface area is 115 Å². The summed E-state index contributed by atoms with van der Waals surface area (Å²) in [7, 11) is -2.80. The van der Waals surface area contributed by atoms with Crippen LogP contribution in [-0.2, 0) is 9.84 Å².